The minimum Gasteiger partial charge on any atom is -0.299 e. The summed E-state index contributed by atoms with van der Waals surface area (Å²) in [5.41, 5.74) is 15.3. The fourth-order valence-corrected chi connectivity index (χ4v) is 7.37. The van der Waals surface area contributed by atoms with E-state index in [0.717, 1.165) is 11.5 Å². The fourth-order valence-electron chi connectivity index (χ4n) is 7.37. The van der Waals surface area contributed by atoms with Crippen molar-refractivity contribution in [3.63, 3.8) is 0 Å². The Morgan fingerprint density at radius 2 is 1.36 bits per heavy atom. The highest BCUT2D eigenvalue weighted by atomic mass is 15.1. The van der Waals surface area contributed by atoms with Crippen LogP contribution in [0.1, 0.15) is 48.9 Å². The second-order valence-corrected chi connectivity index (χ2v) is 12.8. The molecule has 1 fully saturated rings. The Morgan fingerprint density at radius 3 is 2.09 bits per heavy atom. The molecule has 2 nitrogen and oxygen atoms in total. The van der Waals surface area contributed by atoms with Crippen molar-refractivity contribution in [2.24, 2.45) is 5.92 Å². The summed E-state index contributed by atoms with van der Waals surface area (Å²) in [6.07, 6.45) is 6.52. The predicted molar refractivity (Wildman–Crippen MR) is 185 cm³/mol. The smallest absolute Gasteiger partial charge is 0.144 e. The molecule has 2 heteroatoms. The molecule has 6 aromatic rings. The van der Waals surface area contributed by atoms with Crippen LogP contribution in [-0.2, 0) is 5.41 Å². The molecule has 44 heavy (non-hydrogen) atoms. The van der Waals surface area contributed by atoms with Crippen LogP contribution in [0.15, 0.2) is 122 Å². The SMILES string of the molecule is CC[C@H]1CC1(C)c1ccc(-c2c(C)cccc2C)cc1-c1nccn1-c1ccc(-c2ccccc2)cc1-c1ccccc1C. The maximum Gasteiger partial charge on any atom is 0.144 e. The van der Waals surface area contributed by atoms with Crippen LogP contribution in [0, 0.1) is 26.7 Å². The molecule has 7 rings (SSSR count). The zero-order valence-electron chi connectivity index (χ0n) is 26.4. The topological polar surface area (TPSA) is 17.8 Å². The van der Waals surface area contributed by atoms with E-state index in [4.69, 9.17) is 4.98 Å². The van der Waals surface area contributed by atoms with Crippen molar-refractivity contribution in [2.45, 2.75) is 52.9 Å². The standard InChI is InChI=1S/C42H40N2/c1-6-34-27-42(34,5)38-21-19-33(40-29(3)14-12-15-30(40)4)26-37(38)41-43-23-24-44(41)39-22-20-32(31-16-8-7-9-17-31)25-36(39)35-18-11-10-13-28(35)2/h7-26,34H,6,27H2,1-5H3/t34-,42?/m0/s1. The molecule has 0 N–H and O–H groups in total. The lowest BCUT2D eigenvalue weighted by Gasteiger charge is -2.22. The Labute approximate surface area is 262 Å². The fraction of sp³-hybridized carbons (Fsp3) is 0.214. The third-order valence-electron chi connectivity index (χ3n) is 9.99. The summed E-state index contributed by atoms with van der Waals surface area (Å²) in [5, 5.41) is 0. The maximum atomic E-state index is 5.10. The molecular weight excluding hydrogens is 532 g/mol. The van der Waals surface area contributed by atoms with Gasteiger partial charge in [-0.25, -0.2) is 4.98 Å². The van der Waals surface area contributed by atoms with Gasteiger partial charge < -0.3 is 0 Å². The van der Waals surface area contributed by atoms with Gasteiger partial charge in [-0.05, 0) is 107 Å². The van der Waals surface area contributed by atoms with E-state index >= 15 is 0 Å². The lowest BCUT2D eigenvalue weighted by atomic mass is 9.86. The van der Waals surface area contributed by atoms with Crippen molar-refractivity contribution < 1.29 is 0 Å². The summed E-state index contributed by atoms with van der Waals surface area (Å²) < 4.78 is 2.32. The molecule has 0 spiro atoms. The predicted octanol–water partition coefficient (Wildman–Crippen LogP) is 11.2. The zero-order valence-corrected chi connectivity index (χ0v) is 26.4. The van der Waals surface area contributed by atoms with Crippen LogP contribution in [0.4, 0.5) is 0 Å². The molecule has 1 aliphatic carbocycles. The first-order valence-electron chi connectivity index (χ1n) is 15.9. The van der Waals surface area contributed by atoms with E-state index in [1.165, 1.54) is 74.0 Å². The van der Waals surface area contributed by atoms with Crippen molar-refractivity contribution in [2.75, 3.05) is 0 Å². The van der Waals surface area contributed by atoms with Crippen LogP contribution in [-0.4, -0.2) is 9.55 Å². The van der Waals surface area contributed by atoms with Crippen molar-refractivity contribution in [3.05, 3.63) is 144 Å². The van der Waals surface area contributed by atoms with Gasteiger partial charge >= 0.3 is 0 Å². The van der Waals surface area contributed by atoms with E-state index in [-0.39, 0.29) is 5.41 Å². The lowest BCUT2D eigenvalue weighted by Crippen LogP contribution is -2.09. The van der Waals surface area contributed by atoms with Crippen molar-refractivity contribution in [1.29, 1.82) is 0 Å². The van der Waals surface area contributed by atoms with E-state index in [2.05, 4.69) is 155 Å². The van der Waals surface area contributed by atoms with Crippen LogP contribution in [0.3, 0.4) is 0 Å². The Hall–Kier alpha value is -4.69. The molecule has 0 radical (unpaired) electrons. The normalized spacial score (nSPS) is 17.5. The molecule has 1 unspecified atom stereocenters. The van der Waals surface area contributed by atoms with Gasteiger partial charge in [0.15, 0.2) is 0 Å². The van der Waals surface area contributed by atoms with Gasteiger partial charge in [-0.3, -0.25) is 4.57 Å². The third kappa shape index (κ3) is 4.79. The second kappa shape index (κ2) is 11.1. The number of hydrogen-bond donors (Lipinski definition) is 0. The average Bonchev–Trinajstić information content (AvgIpc) is 3.48. The van der Waals surface area contributed by atoms with Gasteiger partial charge in [0.05, 0.1) is 5.69 Å². The molecule has 0 bridgehead atoms. The first-order valence-corrected chi connectivity index (χ1v) is 15.9. The van der Waals surface area contributed by atoms with Crippen molar-refractivity contribution in [1.82, 2.24) is 9.55 Å². The Kier molecular flexibility index (Phi) is 7.09. The van der Waals surface area contributed by atoms with Crippen LogP contribution < -0.4 is 0 Å². The summed E-state index contributed by atoms with van der Waals surface area (Å²) in [4.78, 5) is 5.10. The van der Waals surface area contributed by atoms with Crippen molar-refractivity contribution in [3.8, 4) is 50.5 Å². The van der Waals surface area contributed by atoms with Gasteiger partial charge in [0.1, 0.15) is 5.82 Å². The summed E-state index contributed by atoms with van der Waals surface area (Å²) in [6.45, 7) is 11.4. The van der Waals surface area contributed by atoms with Crippen LogP contribution in [0.5, 0.6) is 0 Å². The molecule has 218 valence electrons. The van der Waals surface area contributed by atoms with Crippen molar-refractivity contribution >= 4 is 0 Å². The molecular formula is C42H40N2. The molecule has 0 amide bonds. The van der Waals surface area contributed by atoms with Crippen LogP contribution >= 0.6 is 0 Å². The largest absolute Gasteiger partial charge is 0.299 e. The number of nitrogens with zero attached hydrogens (tertiary/aromatic N) is 2. The van der Waals surface area contributed by atoms with Gasteiger partial charge in [-0.2, -0.15) is 0 Å². The second-order valence-electron chi connectivity index (χ2n) is 12.8. The molecule has 5 aromatic carbocycles. The Morgan fingerprint density at radius 1 is 0.682 bits per heavy atom. The van der Waals surface area contributed by atoms with Gasteiger partial charge in [-0.1, -0.05) is 111 Å². The number of benzene rings is 5. The molecule has 1 saturated carbocycles. The van der Waals surface area contributed by atoms with Crippen LogP contribution in [0.25, 0.3) is 50.5 Å². The molecule has 0 saturated heterocycles. The van der Waals surface area contributed by atoms with E-state index < -0.39 is 0 Å². The van der Waals surface area contributed by atoms with Gasteiger partial charge in [-0.15, -0.1) is 0 Å². The van der Waals surface area contributed by atoms with Gasteiger partial charge in [0.25, 0.3) is 0 Å². The number of imidazole rings is 1. The van der Waals surface area contributed by atoms with Crippen LogP contribution in [0.2, 0.25) is 0 Å². The minimum atomic E-state index is 0.163. The molecule has 1 aromatic heterocycles. The average molecular weight is 573 g/mol. The number of aromatic nitrogens is 2. The lowest BCUT2D eigenvalue weighted by molar-refractivity contribution is 0.643. The maximum absolute atomic E-state index is 5.10. The molecule has 0 aliphatic heterocycles. The summed E-state index contributed by atoms with van der Waals surface area (Å²) in [5.74, 6) is 1.70. The third-order valence-corrected chi connectivity index (χ3v) is 9.99. The van der Waals surface area contributed by atoms with E-state index in [1.807, 2.05) is 6.20 Å². The summed E-state index contributed by atoms with van der Waals surface area (Å²) in [7, 11) is 0. The van der Waals surface area contributed by atoms with Gasteiger partial charge in [0.2, 0.25) is 0 Å². The monoisotopic (exact) mass is 572 g/mol. The minimum absolute atomic E-state index is 0.163. The molecule has 2 atom stereocenters. The van der Waals surface area contributed by atoms with E-state index in [0.29, 0.717) is 5.92 Å². The Bertz CT molecular complexity index is 1960. The molecule has 1 aliphatic rings. The molecule has 1 heterocycles. The highest BCUT2D eigenvalue weighted by molar-refractivity contribution is 5.83. The number of rotatable bonds is 7. The number of aryl methyl sites for hydroxylation is 3. The Balaban J connectivity index is 1.46. The first kappa shape index (κ1) is 28.1. The highest BCUT2D eigenvalue weighted by Gasteiger charge is 2.51. The highest BCUT2D eigenvalue weighted by Crippen LogP contribution is 2.58. The van der Waals surface area contributed by atoms with E-state index in [9.17, 15) is 0 Å². The van der Waals surface area contributed by atoms with E-state index in [1.54, 1.807) is 0 Å². The first-order chi connectivity index (χ1) is 21.4. The zero-order chi connectivity index (χ0) is 30.4. The number of hydrogen-bond acceptors (Lipinski definition) is 1. The summed E-state index contributed by atoms with van der Waals surface area (Å²) >= 11 is 0. The quantitative estimate of drug-likeness (QED) is 0.186. The van der Waals surface area contributed by atoms with Gasteiger partial charge in [0, 0.05) is 23.5 Å². The summed E-state index contributed by atoms with van der Waals surface area (Å²) in [6, 6.07) is 40.0.